The maximum absolute atomic E-state index is 14.7. The van der Waals surface area contributed by atoms with Crippen LogP contribution in [-0.4, -0.2) is 149 Å². The van der Waals surface area contributed by atoms with Gasteiger partial charge in [-0.05, 0) is 87.9 Å². The number of benzene rings is 1. The van der Waals surface area contributed by atoms with E-state index in [0.717, 1.165) is 48.6 Å². The molecular weight excluding hydrogens is 919 g/mol. The number of likely N-dealkylation sites (tertiary alicyclic amines) is 1. The molecule has 16 heteroatoms. The van der Waals surface area contributed by atoms with Crippen LogP contribution in [0.2, 0.25) is 0 Å². The van der Waals surface area contributed by atoms with Crippen LogP contribution < -0.4 is 5.73 Å². The highest BCUT2D eigenvalue weighted by Crippen LogP contribution is 2.32. The summed E-state index contributed by atoms with van der Waals surface area (Å²) >= 11 is 0. The van der Waals surface area contributed by atoms with Crippen LogP contribution in [0.3, 0.4) is 0 Å². The minimum Gasteiger partial charge on any atom is -0.481 e. The van der Waals surface area contributed by atoms with Crippen molar-refractivity contribution in [2.75, 3.05) is 41.4 Å². The van der Waals surface area contributed by atoms with Gasteiger partial charge in [0, 0.05) is 82.4 Å². The summed E-state index contributed by atoms with van der Waals surface area (Å²) in [6.45, 7) is 14.9. The average Bonchev–Trinajstić information content (AvgIpc) is 3.99. The molecule has 1 saturated heterocycles. The highest BCUT2D eigenvalue weighted by atomic mass is 16.5. The van der Waals surface area contributed by atoms with E-state index in [1.807, 2.05) is 72.9 Å². The van der Waals surface area contributed by atoms with Crippen LogP contribution in [0.4, 0.5) is 0 Å². The number of aliphatic carboxylic acids is 2. The number of amides is 2. The van der Waals surface area contributed by atoms with Crippen molar-refractivity contribution in [3.8, 4) is 0 Å². The molecule has 5 N–H and O–H groups in total. The van der Waals surface area contributed by atoms with Gasteiger partial charge in [-0.3, -0.25) is 38.5 Å². The Balaban J connectivity index is 1.65. The van der Waals surface area contributed by atoms with Crippen molar-refractivity contribution in [3.63, 3.8) is 0 Å². The number of fused-ring (bicyclic) bond motifs is 1. The molecule has 0 radical (unpaired) electrons. The lowest BCUT2D eigenvalue weighted by Crippen LogP contribution is -2.54. The van der Waals surface area contributed by atoms with Gasteiger partial charge in [-0.2, -0.15) is 0 Å². The second kappa shape index (κ2) is 30.6. The first-order valence-corrected chi connectivity index (χ1v) is 26.7. The molecule has 0 saturated carbocycles. The molecule has 406 valence electrons. The summed E-state index contributed by atoms with van der Waals surface area (Å²) in [5.74, 6) is -4.90. The number of aromatic nitrogens is 1. The number of methoxy groups -OCH3 is 2. The van der Waals surface area contributed by atoms with Gasteiger partial charge in [-0.1, -0.05) is 92.3 Å². The van der Waals surface area contributed by atoms with Crippen LogP contribution >= 0.6 is 0 Å². The third kappa shape index (κ3) is 17.9. The fourth-order valence-corrected chi connectivity index (χ4v) is 11.0. The second-order valence-corrected chi connectivity index (χ2v) is 21.4. The Morgan fingerprint density at radius 2 is 1.47 bits per heavy atom. The molecule has 1 aliphatic heterocycles. The van der Waals surface area contributed by atoms with Crippen molar-refractivity contribution in [2.24, 2.45) is 41.2 Å². The highest BCUT2D eigenvalue weighted by molar-refractivity contribution is 5.90. The number of ketones is 3. The van der Waals surface area contributed by atoms with E-state index < -0.39 is 66.1 Å². The van der Waals surface area contributed by atoms with Crippen LogP contribution in [0.15, 0.2) is 30.5 Å². The van der Waals surface area contributed by atoms with E-state index in [1.165, 1.54) is 7.11 Å². The molecule has 1 aromatic carbocycles. The number of carboxylic acids is 2. The Bertz CT molecular complexity index is 2050. The maximum Gasteiger partial charge on any atom is 0.320 e. The van der Waals surface area contributed by atoms with Gasteiger partial charge in [0.15, 0.2) is 5.78 Å². The van der Waals surface area contributed by atoms with E-state index in [2.05, 4.69) is 9.88 Å². The van der Waals surface area contributed by atoms with Crippen molar-refractivity contribution in [1.82, 2.24) is 19.7 Å². The quantitative estimate of drug-likeness (QED) is 0.0475. The van der Waals surface area contributed by atoms with Crippen LogP contribution in [0.1, 0.15) is 150 Å². The minimum absolute atomic E-state index is 0.000701. The number of ether oxygens (including phenoxy) is 2. The number of carbonyl (C=O) groups is 7. The number of unbranched alkanes of at least 4 members (excludes halogenated alkanes) is 4. The molecule has 0 spiro atoms. The molecule has 1 aliphatic rings. The van der Waals surface area contributed by atoms with Crippen molar-refractivity contribution in [2.45, 2.75) is 188 Å². The van der Waals surface area contributed by atoms with Gasteiger partial charge in [-0.25, -0.2) is 0 Å². The summed E-state index contributed by atoms with van der Waals surface area (Å²) in [5, 5.41) is 20.1. The Kier molecular flexibility index (Phi) is 26.3. The monoisotopic (exact) mass is 1010 g/mol. The smallest absolute Gasteiger partial charge is 0.320 e. The Hall–Kier alpha value is -4.51. The number of nitrogens with one attached hydrogen (secondary N) is 1. The largest absolute Gasteiger partial charge is 0.481 e. The predicted molar refractivity (Wildman–Crippen MR) is 280 cm³/mol. The lowest BCUT2D eigenvalue weighted by atomic mass is 9.83. The maximum atomic E-state index is 14.7. The zero-order valence-electron chi connectivity index (χ0n) is 45.5. The molecule has 2 amide bonds. The van der Waals surface area contributed by atoms with E-state index in [1.54, 1.807) is 37.1 Å². The van der Waals surface area contributed by atoms with Crippen LogP contribution in [0.25, 0.3) is 10.9 Å². The van der Waals surface area contributed by atoms with Crippen LogP contribution in [0, 0.1) is 35.5 Å². The van der Waals surface area contributed by atoms with E-state index in [0.29, 0.717) is 58.0 Å². The summed E-state index contributed by atoms with van der Waals surface area (Å²) in [7, 11) is 6.77. The number of carboxylic acid groups (broad SMARTS) is 2. The summed E-state index contributed by atoms with van der Waals surface area (Å²) in [6.07, 6.45) is 8.51. The molecule has 3 rings (SSSR count). The topological polar surface area (TPSA) is 230 Å². The number of likely N-dealkylation sites (N-methyl/N-ethyl adjacent to an activating group) is 2. The van der Waals surface area contributed by atoms with Crippen molar-refractivity contribution in [3.05, 3.63) is 36.0 Å². The number of H-pyrrole nitrogens is 1. The Morgan fingerprint density at radius 3 is 2.06 bits per heavy atom. The summed E-state index contributed by atoms with van der Waals surface area (Å²) in [5.41, 5.74) is 7.29. The van der Waals surface area contributed by atoms with Crippen molar-refractivity contribution < 1.29 is 53.2 Å². The molecule has 1 aromatic heterocycles. The first-order valence-electron chi connectivity index (χ1n) is 26.7. The summed E-state index contributed by atoms with van der Waals surface area (Å²) in [6, 6.07) is 5.48. The number of para-hydroxylation sites is 1. The first kappa shape index (κ1) is 61.8. The summed E-state index contributed by atoms with van der Waals surface area (Å²) in [4.78, 5) is 102. The SMILES string of the molecule is CC[C@H](C)[C@@H]([C@@H](CC(=O)N1CCC[C@H]1[C@H](OC)[C@@H](C)C(=O)C[C@@H](Cc1c[nH]c2ccccc12)C(=O)O)OC)N(C)C(=O)[C@@H](CC(=O)[C@H](C(C)C)N(C)CCCCCC(=O)CCCCC[C@H](N)C(=O)O)C(C)C. The van der Waals surface area contributed by atoms with E-state index in [-0.39, 0.29) is 72.6 Å². The summed E-state index contributed by atoms with van der Waals surface area (Å²) < 4.78 is 12.1. The highest BCUT2D eigenvalue weighted by Gasteiger charge is 2.43. The Morgan fingerprint density at radius 1 is 0.819 bits per heavy atom. The van der Waals surface area contributed by atoms with Gasteiger partial charge in [0.05, 0.1) is 42.7 Å². The molecular formula is C56H91N5O11. The zero-order valence-corrected chi connectivity index (χ0v) is 45.5. The van der Waals surface area contributed by atoms with E-state index >= 15 is 0 Å². The lowest BCUT2D eigenvalue weighted by Gasteiger charge is -2.41. The standard InChI is InChI=1S/C56H91N5O11/c1-12-37(6)52(60(9)54(66)43(35(2)3)32-48(64)51(36(4)5)59(8)28-20-14-16-23-41(62)22-15-13-17-25-44(57)56(69)70)49(71-10)33-50(65)61-29-21-27-46(61)53(72-11)38(7)47(63)31-39(55(67)68)30-40-34-58-45-26-19-18-24-42(40)45/h18-19,24,26,34-39,43-44,46,49,51-53,58H,12-17,20-23,25,27-33,57H2,1-11H3,(H,67,68)(H,69,70)/t37-,38-,39+,43-,44-,46-,49+,51-,52-,53+/m0/s1. The second-order valence-electron chi connectivity index (χ2n) is 21.4. The average molecular weight is 1010 g/mol. The number of carbonyl (C=O) groups excluding carboxylic acids is 5. The number of Topliss-reactive ketones (excluding diaryl/α,β-unsaturated/α-hetero) is 3. The first-order chi connectivity index (χ1) is 34.1. The van der Waals surface area contributed by atoms with Crippen molar-refractivity contribution >= 4 is 52.0 Å². The van der Waals surface area contributed by atoms with Crippen LogP contribution in [-0.2, 0) is 49.5 Å². The minimum atomic E-state index is -1.05. The van der Waals surface area contributed by atoms with Gasteiger partial charge < -0.3 is 40.2 Å². The predicted octanol–water partition coefficient (Wildman–Crippen LogP) is 7.97. The molecule has 0 unspecified atom stereocenters. The third-order valence-electron chi connectivity index (χ3n) is 15.5. The van der Waals surface area contributed by atoms with Crippen molar-refractivity contribution in [1.29, 1.82) is 0 Å². The molecule has 10 atom stereocenters. The van der Waals surface area contributed by atoms with E-state index in [9.17, 15) is 38.7 Å². The number of nitrogens with zero attached hydrogens (tertiary/aromatic N) is 3. The van der Waals surface area contributed by atoms with Gasteiger partial charge in [-0.15, -0.1) is 0 Å². The fourth-order valence-electron chi connectivity index (χ4n) is 11.0. The molecule has 0 bridgehead atoms. The molecule has 72 heavy (non-hydrogen) atoms. The molecule has 0 aliphatic carbocycles. The number of hydrogen-bond donors (Lipinski definition) is 4. The number of nitrogens with two attached hydrogens (primary N) is 1. The number of hydrogen-bond acceptors (Lipinski definition) is 11. The lowest BCUT2D eigenvalue weighted by molar-refractivity contribution is -0.149. The van der Waals surface area contributed by atoms with Crippen LogP contribution in [0.5, 0.6) is 0 Å². The molecule has 2 heterocycles. The zero-order chi connectivity index (χ0) is 53.8. The molecule has 2 aromatic rings. The van der Waals surface area contributed by atoms with Gasteiger partial charge >= 0.3 is 11.9 Å². The van der Waals surface area contributed by atoms with Gasteiger partial charge in [0.2, 0.25) is 11.8 Å². The van der Waals surface area contributed by atoms with Gasteiger partial charge in [0.1, 0.15) is 17.6 Å². The van der Waals surface area contributed by atoms with E-state index in [4.69, 9.17) is 20.3 Å². The number of rotatable bonds is 36. The van der Waals surface area contributed by atoms with Gasteiger partial charge in [0.25, 0.3) is 0 Å². The Labute approximate surface area is 429 Å². The third-order valence-corrected chi connectivity index (χ3v) is 15.5. The molecule has 1 fully saturated rings. The fraction of sp³-hybridized carbons (Fsp3) is 0.732. The number of aromatic amines is 1. The molecule has 16 nitrogen and oxygen atoms in total. The normalized spacial score (nSPS) is 17.9.